The normalized spacial score (nSPS) is 10.6. The Morgan fingerprint density at radius 2 is 2.08 bits per heavy atom. The zero-order chi connectivity index (χ0) is 17.1. The van der Waals surface area contributed by atoms with Gasteiger partial charge in [0.25, 0.3) is 0 Å². The quantitative estimate of drug-likeness (QED) is 0.517. The fraction of sp³-hybridized carbons (Fsp3) is 0.0714. The zero-order valence-electron chi connectivity index (χ0n) is 11.8. The number of ketones is 1. The molecule has 3 rings (SSSR count). The second kappa shape index (κ2) is 6.62. The minimum absolute atomic E-state index is 0.176. The summed E-state index contributed by atoms with van der Waals surface area (Å²) in [5.41, 5.74) is -0.0888. The number of hydrogen-bond donors (Lipinski definition) is 0. The van der Waals surface area contributed by atoms with Crippen molar-refractivity contribution in [3.63, 3.8) is 0 Å². The SMILES string of the molecule is O=C(COC(=O)c1sccc1-n1cnnn1)c1cc(F)ccc1F. The summed E-state index contributed by atoms with van der Waals surface area (Å²) in [6.45, 7) is -0.716. The summed E-state index contributed by atoms with van der Waals surface area (Å²) in [5.74, 6) is -3.28. The fourth-order valence-electron chi connectivity index (χ4n) is 1.89. The van der Waals surface area contributed by atoms with Crippen LogP contribution < -0.4 is 0 Å². The van der Waals surface area contributed by atoms with E-state index in [1.807, 2.05) is 0 Å². The fourth-order valence-corrected chi connectivity index (χ4v) is 2.66. The van der Waals surface area contributed by atoms with Crippen LogP contribution in [0.25, 0.3) is 5.69 Å². The van der Waals surface area contributed by atoms with Crippen LogP contribution in [-0.2, 0) is 4.74 Å². The molecule has 0 aliphatic rings. The van der Waals surface area contributed by atoms with Crippen LogP contribution in [0.2, 0.25) is 0 Å². The van der Waals surface area contributed by atoms with Crippen molar-refractivity contribution in [1.29, 1.82) is 0 Å². The van der Waals surface area contributed by atoms with E-state index in [4.69, 9.17) is 4.74 Å². The Kier molecular flexibility index (Phi) is 4.38. The van der Waals surface area contributed by atoms with Crippen molar-refractivity contribution in [1.82, 2.24) is 20.2 Å². The van der Waals surface area contributed by atoms with Crippen molar-refractivity contribution in [3.05, 3.63) is 58.0 Å². The van der Waals surface area contributed by atoms with Gasteiger partial charge < -0.3 is 4.74 Å². The number of rotatable bonds is 5. The van der Waals surface area contributed by atoms with Crippen molar-refractivity contribution >= 4 is 23.1 Å². The van der Waals surface area contributed by atoms with E-state index in [9.17, 15) is 18.4 Å². The molecule has 0 amide bonds. The number of carbonyl (C=O) groups is 2. The van der Waals surface area contributed by atoms with Gasteiger partial charge in [-0.15, -0.1) is 16.4 Å². The third-order valence-corrected chi connectivity index (χ3v) is 3.87. The van der Waals surface area contributed by atoms with Crippen molar-refractivity contribution < 1.29 is 23.1 Å². The van der Waals surface area contributed by atoms with Gasteiger partial charge in [-0.3, -0.25) is 4.79 Å². The lowest BCUT2D eigenvalue weighted by Gasteiger charge is -2.06. The average molecular weight is 350 g/mol. The number of aromatic nitrogens is 4. The number of carbonyl (C=O) groups excluding carboxylic acids is 2. The van der Waals surface area contributed by atoms with E-state index in [2.05, 4.69) is 15.5 Å². The van der Waals surface area contributed by atoms with E-state index in [1.54, 1.807) is 11.4 Å². The number of thiophene rings is 1. The first-order valence-electron chi connectivity index (χ1n) is 6.52. The van der Waals surface area contributed by atoms with Crippen LogP contribution in [0.4, 0.5) is 8.78 Å². The molecule has 1 aromatic carbocycles. The van der Waals surface area contributed by atoms with Crippen LogP contribution in [0.3, 0.4) is 0 Å². The number of esters is 1. The third-order valence-electron chi connectivity index (χ3n) is 2.99. The molecule has 0 radical (unpaired) electrons. The molecule has 10 heteroatoms. The Balaban J connectivity index is 1.71. The van der Waals surface area contributed by atoms with Gasteiger partial charge in [0.05, 0.1) is 11.3 Å². The number of nitrogens with zero attached hydrogens (tertiary/aromatic N) is 4. The first-order chi connectivity index (χ1) is 11.6. The van der Waals surface area contributed by atoms with Crippen molar-refractivity contribution in [2.45, 2.75) is 0 Å². The first-order valence-corrected chi connectivity index (χ1v) is 7.40. The van der Waals surface area contributed by atoms with Crippen LogP contribution in [0.5, 0.6) is 0 Å². The molecule has 0 spiro atoms. The van der Waals surface area contributed by atoms with E-state index in [-0.39, 0.29) is 4.88 Å². The molecule has 0 unspecified atom stereocenters. The summed E-state index contributed by atoms with van der Waals surface area (Å²) in [6.07, 6.45) is 1.30. The third kappa shape index (κ3) is 3.18. The zero-order valence-corrected chi connectivity index (χ0v) is 12.7. The molecule has 0 atom stereocenters. The highest BCUT2D eigenvalue weighted by Gasteiger charge is 2.20. The molecule has 0 N–H and O–H groups in total. The molecule has 2 aromatic heterocycles. The Labute approximate surface area is 137 Å². The lowest BCUT2D eigenvalue weighted by molar-refractivity contribution is 0.0478. The van der Waals surface area contributed by atoms with Crippen LogP contribution in [0.15, 0.2) is 36.0 Å². The Bertz CT molecular complexity index is 895. The summed E-state index contributed by atoms with van der Waals surface area (Å²) >= 11 is 1.07. The summed E-state index contributed by atoms with van der Waals surface area (Å²) in [6, 6.07) is 4.08. The van der Waals surface area contributed by atoms with Gasteiger partial charge in [0, 0.05) is 0 Å². The average Bonchev–Trinajstić information content (AvgIpc) is 3.24. The smallest absolute Gasteiger partial charge is 0.351 e. The molecule has 7 nitrogen and oxygen atoms in total. The summed E-state index contributed by atoms with van der Waals surface area (Å²) in [7, 11) is 0. The minimum atomic E-state index is -0.886. The predicted molar refractivity (Wildman–Crippen MR) is 78.0 cm³/mol. The first kappa shape index (κ1) is 15.9. The molecule has 0 saturated carbocycles. The number of Topliss-reactive ketones (excluding diaryl/α,β-unsaturated/α-hetero) is 1. The largest absolute Gasteiger partial charge is 0.453 e. The van der Waals surface area contributed by atoms with Gasteiger partial charge in [0.2, 0.25) is 5.78 Å². The highest BCUT2D eigenvalue weighted by atomic mass is 32.1. The van der Waals surface area contributed by atoms with E-state index in [0.29, 0.717) is 5.69 Å². The maximum Gasteiger partial charge on any atom is 0.351 e. The second-order valence-corrected chi connectivity index (χ2v) is 5.43. The summed E-state index contributed by atoms with van der Waals surface area (Å²) in [4.78, 5) is 24.2. The predicted octanol–water partition coefficient (Wildman–Crippen LogP) is 2.04. The lowest BCUT2D eigenvalue weighted by Crippen LogP contribution is -2.16. The second-order valence-electron chi connectivity index (χ2n) is 4.51. The van der Waals surface area contributed by atoms with Gasteiger partial charge in [-0.1, -0.05) is 0 Å². The summed E-state index contributed by atoms with van der Waals surface area (Å²) in [5, 5.41) is 12.2. The highest BCUT2D eigenvalue weighted by Crippen LogP contribution is 2.21. The minimum Gasteiger partial charge on any atom is -0.453 e. The number of ether oxygens (including phenoxy) is 1. The Hall–Kier alpha value is -3.01. The Morgan fingerprint density at radius 1 is 1.25 bits per heavy atom. The van der Waals surface area contributed by atoms with E-state index in [1.165, 1.54) is 11.0 Å². The van der Waals surface area contributed by atoms with Crippen molar-refractivity contribution in [2.75, 3.05) is 6.61 Å². The van der Waals surface area contributed by atoms with Crippen LogP contribution in [-0.4, -0.2) is 38.6 Å². The van der Waals surface area contributed by atoms with Crippen molar-refractivity contribution in [3.8, 4) is 5.69 Å². The van der Waals surface area contributed by atoms with Gasteiger partial charge >= 0.3 is 5.97 Å². The monoisotopic (exact) mass is 350 g/mol. The lowest BCUT2D eigenvalue weighted by atomic mass is 10.1. The molecule has 3 aromatic rings. The van der Waals surface area contributed by atoms with E-state index >= 15 is 0 Å². The van der Waals surface area contributed by atoms with Crippen molar-refractivity contribution in [2.24, 2.45) is 0 Å². The van der Waals surface area contributed by atoms with Crippen LogP contribution in [0, 0.1) is 11.6 Å². The standard InChI is InChI=1S/C14H8F2N4O3S/c15-8-1-2-10(16)9(5-8)12(21)6-23-14(22)13-11(3-4-24-13)20-7-17-18-19-20/h1-5,7H,6H2. The van der Waals surface area contributed by atoms with Gasteiger partial charge in [0.1, 0.15) is 22.8 Å². The number of hydrogen-bond acceptors (Lipinski definition) is 7. The van der Waals surface area contributed by atoms with Crippen LogP contribution >= 0.6 is 11.3 Å². The highest BCUT2D eigenvalue weighted by molar-refractivity contribution is 7.12. The topological polar surface area (TPSA) is 87.0 Å². The van der Waals surface area contributed by atoms with Gasteiger partial charge in [0.15, 0.2) is 6.61 Å². The Morgan fingerprint density at radius 3 is 2.83 bits per heavy atom. The van der Waals surface area contributed by atoms with Crippen LogP contribution in [0.1, 0.15) is 20.0 Å². The maximum absolute atomic E-state index is 13.5. The number of halogens is 2. The number of tetrazole rings is 1. The number of benzene rings is 1. The van der Waals surface area contributed by atoms with E-state index in [0.717, 1.165) is 29.5 Å². The molecular formula is C14H8F2N4O3S. The maximum atomic E-state index is 13.5. The molecule has 0 fully saturated rings. The molecule has 0 saturated heterocycles. The van der Waals surface area contributed by atoms with Gasteiger partial charge in [-0.2, -0.15) is 4.68 Å². The molecular weight excluding hydrogens is 342 g/mol. The molecule has 0 bridgehead atoms. The molecule has 24 heavy (non-hydrogen) atoms. The molecule has 2 heterocycles. The molecule has 0 aliphatic heterocycles. The molecule has 122 valence electrons. The van der Waals surface area contributed by atoms with Gasteiger partial charge in [-0.25, -0.2) is 13.6 Å². The van der Waals surface area contributed by atoms with Gasteiger partial charge in [-0.05, 0) is 40.1 Å². The molecule has 0 aliphatic carbocycles. The van der Waals surface area contributed by atoms with E-state index < -0.39 is 35.6 Å². The summed E-state index contributed by atoms with van der Waals surface area (Å²) < 4.78 is 32.8.